The zero-order valence-electron chi connectivity index (χ0n) is 7.76. The number of nitriles is 1. The summed E-state index contributed by atoms with van der Waals surface area (Å²) in [4.78, 5) is 0. The maximum absolute atomic E-state index is 8.64. The molecule has 1 rings (SSSR count). The third-order valence-electron chi connectivity index (χ3n) is 2.02. The summed E-state index contributed by atoms with van der Waals surface area (Å²) in [5, 5.41) is 8.64. The van der Waals surface area contributed by atoms with Gasteiger partial charge in [-0.15, -0.1) is 0 Å². The van der Waals surface area contributed by atoms with E-state index in [9.17, 15) is 0 Å². The number of nitrogens with zero attached hydrogens (tertiary/aromatic N) is 1. The Morgan fingerprint density at radius 1 is 1.33 bits per heavy atom. The van der Waals surface area contributed by atoms with Crippen molar-refractivity contribution in [2.24, 2.45) is 0 Å². The van der Waals surface area contributed by atoms with Gasteiger partial charge in [-0.25, -0.2) is 0 Å². The minimum atomic E-state index is 0.540. The van der Waals surface area contributed by atoms with E-state index in [1.807, 2.05) is 18.2 Å². The van der Waals surface area contributed by atoms with Gasteiger partial charge >= 0.3 is 0 Å². The van der Waals surface area contributed by atoms with E-state index < -0.39 is 0 Å². The lowest BCUT2D eigenvalue weighted by atomic mass is 9.97. The van der Waals surface area contributed by atoms with E-state index in [-0.39, 0.29) is 0 Å². The summed E-state index contributed by atoms with van der Waals surface area (Å²) in [6.45, 7) is 6.37. The molecule has 0 heterocycles. The van der Waals surface area contributed by atoms with Gasteiger partial charge in [-0.3, -0.25) is 0 Å². The molecule has 0 aliphatic heterocycles. The smallest absolute Gasteiger partial charge is 0.0991 e. The Morgan fingerprint density at radius 3 is 2.42 bits per heavy atom. The van der Waals surface area contributed by atoms with Gasteiger partial charge in [0, 0.05) is 0 Å². The molecule has 0 atom stereocenters. The molecule has 12 heavy (non-hydrogen) atoms. The fraction of sp³-hybridized carbons (Fsp3) is 0.364. The molecule has 0 aliphatic rings. The normalized spacial score (nSPS) is 9.92. The van der Waals surface area contributed by atoms with Crippen LogP contribution in [0.3, 0.4) is 0 Å². The molecular weight excluding hydrogens is 146 g/mol. The van der Waals surface area contributed by atoms with E-state index in [1.54, 1.807) is 0 Å². The van der Waals surface area contributed by atoms with Crippen LogP contribution in [0, 0.1) is 18.3 Å². The third kappa shape index (κ3) is 1.65. The summed E-state index contributed by atoms with van der Waals surface area (Å²) in [6, 6.07) is 7.99. The molecule has 1 aromatic carbocycles. The van der Waals surface area contributed by atoms with Crippen molar-refractivity contribution in [1.29, 1.82) is 5.26 Å². The first-order valence-corrected chi connectivity index (χ1v) is 4.16. The van der Waals surface area contributed by atoms with Gasteiger partial charge in [0.05, 0.1) is 11.6 Å². The molecule has 0 amide bonds. The van der Waals surface area contributed by atoms with E-state index in [1.165, 1.54) is 11.1 Å². The lowest BCUT2D eigenvalue weighted by molar-refractivity contribution is 0.856. The predicted molar refractivity (Wildman–Crippen MR) is 50.0 cm³/mol. The van der Waals surface area contributed by atoms with Gasteiger partial charge in [-0.05, 0) is 36.1 Å². The molecule has 0 aliphatic carbocycles. The van der Waals surface area contributed by atoms with Crippen LogP contribution in [-0.4, -0.2) is 0 Å². The van der Waals surface area contributed by atoms with Crippen molar-refractivity contribution in [2.75, 3.05) is 0 Å². The highest BCUT2D eigenvalue weighted by Crippen LogP contribution is 2.19. The number of hydrogen-bond acceptors (Lipinski definition) is 1. The molecule has 0 fully saturated rings. The first-order valence-electron chi connectivity index (χ1n) is 4.16. The second-order valence-electron chi connectivity index (χ2n) is 3.34. The van der Waals surface area contributed by atoms with Crippen LogP contribution < -0.4 is 0 Å². The number of aryl methyl sites for hydroxylation is 1. The standard InChI is InChI=1S/C11H13N/c1-8(2)11-5-4-10(7-12)6-9(11)3/h4-6,8H,1-3H3. The van der Waals surface area contributed by atoms with Gasteiger partial charge in [0.15, 0.2) is 0 Å². The lowest BCUT2D eigenvalue weighted by Crippen LogP contribution is -1.91. The Morgan fingerprint density at radius 2 is 2.00 bits per heavy atom. The molecule has 62 valence electrons. The molecule has 0 unspecified atom stereocenters. The highest BCUT2D eigenvalue weighted by atomic mass is 14.2. The number of rotatable bonds is 1. The second-order valence-corrected chi connectivity index (χ2v) is 3.34. The van der Waals surface area contributed by atoms with Crippen LogP contribution >= 0.6 is 0 Å². The average Bonchev–Trinajstić information content (AvgIpc) is 2.03. The molecule has 0 saturated carbocycles. The summed E-state index contributed by atoms with van der Waals surface area (Å²) >= 11 is 0. The summed E-state index contributed by atoms with van der Waals surface area (Å²) < 4.78 is 0. The topological polar surface area (TPSA) is 23.8 Å². The zero-order valence-corrected chi connectivity index (χ0v) is 7.76. The predicted octanol–water partition coefficient (Wildman–Crippen LogP) is 2.99. The molecule has 1 heteroatoms. The molecule has 0 bridgehead atoms. The first kappa shape index (κ1) is 8.80. The van der Waals surface area contributed by atoms with Gasteiger partial charge in [0.25, 0.3) is 0 Å². The van der Waals surface area contributed by atoms with Crippen molar-refractivity contribution >= 4 is 0 Å². The van der Waals surface area contributed by atoms with E-state index in [4.69, 9.17) is 5.26 Å². The third-order valence-corrected chi connectivity index (χ3v) is 2.02. The largest absolute Gasteiger partial charge is 0.192 e. The van der Waals surface area contributed by atoms with Crippen LogP contribution in [-0.2, 0) is 0 Å². The maximum Gasteiger partial charge on any atom is 0.0991 e. The molecule has 0 aromatic heterocycles. The molecule has 0 N–H and O–H groups in total. The van der Waals surface area contributed by atoms with Crippen molar-refractivity contribution in [3.63, 3.8) is 0 Å². The second kappa shape index (κ2) is 3.40. The molecule has 0 radical (unpaired) electrons. The Bertz CT molecular complexity index is 318. The summed E-state index contributed by atoms with van der Waals surface area (Å²) in [5.41, 5.74) is 3.29. The monoisotopic (exact) mass is 159 g/mol. The fourth-order valence-corrected chi connectivity index (χ4v) is 1.39. The van der Waals surface area contributed by atoms with Gasteiger partial charge in [0.1, 0.15) is 0 Å². The van der Waals surface area contributed by atoms with E-state index in [0.717, 1.165) is 5.56 Å². The molecule has 0 saturated heterocycles. The SMILES string of the molecule is Cc1cc(C#N)ccc1C(C)C. The minimum absolute atomic E-state index is 0.540. The van der Waals surface area contributed by atoms with E-state index in [0.29, 0.717) is 5.92 Å². The Kier molecular flexibility index (Phi) is 2.50. The van der Waals surface area contributed by atoms with Crippen LogP contribution in [0.25, 0.3) is 0 Å². The van der Waals surface area contributed by atoms with Crippen molar-refractivity contribution in [3.05, 3.63) is 34.9 Å². The Hall–Kier alpha value is -1.29. The molecule has 1 aromatic rings. The van der Waals surface area contributed by atoms with Crippen molar-refractivity contribution in [2.45, 2.75) is 26.7 Å². The van der Waals surface area contributed by atoms with Crippen LogP contribution in [0.1, 0.15) is 36.5 Å². The quantitative estimate of drug-likeness (QED) is 0.618. The molecular formula is C11H13N. The van der Waals surface area contributed by atoms with E-state index >= 15 is 0 Å². The fourth-order valence-electron chi connectivity index (χ4n) is 1.39. The van der Waals surface area contributed by atoms with Crippen molar-refractivity contribution < 1.29 is 0 Å². The van der Waals surface area contributed by atoms with Crippen LogP contribution in [0.15, 0.2) is 18.2 Å². The van der Waals surface area contributed by atoms with Gasteiger partial charge < -0.3 is 0 Å². The first-order chi connectivity index (χ1) is 5.65. The maximum atomic E-state index is 8.64. The molecule has 1 nitrogen and oxygen atoms in total. The summed E-state index contributed by atoms with van der Waals surface area (Å²) in [7, 11) is 0. The van der Waals surface area contributed by atoms with E-state index in [2.05, 4.69) is 26.8 Å². The highest BCUT2D eigenvalue weighted by Gasteiger charge is 2.02. The van der Waals surface area contributed by atoms with Gasteiger partial charge in [-0.1, -0.05) is 19.9 Å². The average molecular weight is 159 g/mol. The molecule has 0 spiro atoms. The van der Waals surface area contributed by atoms with Crippen molar-refractivity contribution in [3.8, 4) is 6.07 Å². The number of benzene rings is 1. The lowest BCUT2D eigenvalue weighted by Gasteiger charge is -2.08. The van der Waals surface area contributed by atoms with Crippen molar-refractivity contribution in [1.82, 2.24) is 0 Å². The highest BCUT2D eigenvalue weighted by molar-refractivity contribution is 5.38. The Balaban J connectivity index is 3.14. The number of hydrogen-bond donors (Lipinski definition) is 0. The van der Waals surface area contributed by atoms with Crippen LogP contribution in [0.4, 0.5) is 0 Å². The zero-order chi connectivity index (χ0) is 9.14. The van der Waals surface area contributed by atoms with Gasteiger partial charge in [-0.2, -0.15) is 5.26 Å². The Labute approximate surface area is 73.6 Å². The summed E-state index contributed by atoms with van der Waals surface area (Å²) in [5.74, 6) is 0.540. The van der Waals surface area contributed by atoms with Crippen LogP contribution in [0.2, 0.25) is 0 Å². The van der Waals surface area contributed by atoms with Crippen LogP contribution in [0.5, 0.6) is 0 Å². The minimum Gasteiger partial charge on any atom is -0.192 e. The van der Waals surface area contributed by atoms with Gasteiger partial charge in [0.2, 0.25) is 0 Å². The summed E-state index contributed by atoms with van der Waals surface area (Å²) in [6.07, 6.45) is 0.